The van der Waals surface area contributed by atoms with E-state index in [9.17, 15) is 15.0 Å². The molecule has 2 atom stereocenters. The van der Waals surface area contributed by atoms with Gasteiger partial charge in [0.05, 0.1) is 18.8 Å². The summed E-state index contributed by atoms with van der Waals surface area (Å²) >= 11 is 0. The zero-order chi connectivity index (χ0) is 61.9. The third-order valence-corrected chi connectivity index (χ3v) is 17.9. The normalized spacial score (nSPS) is 13.1. The Morgan fingerprint density at radius 1 is 0.291 bits per heavy atom. The molecule has 0 saturated carbocycles. The molecule has 86 heavy (non-hydrogen) atoms. The summed E-state index contributed by atoms with van der Waals surface area (Å²) in [7, 11) is 0. The molecule has 0 bridgehead atoms. The molecule has 0 fully saturated rings. The van der Waals surface area contributed by atoms with Crippen molar-refractivity contribution in [1.82, 2.24) is 5.32 Å². The van der Waals surface area contributed by atoms with Gasteiger partial charge in [-0.1, -0.05) is 414 Å². The maximum Gasteiger partial charge on any atom is 0.220 e. The van der Waals surface area contributed by atoms with Crippen molar-refractivity contribution in [3.63, 3.8) is 0 Å². The number of carbonyl (C=O) groups is 1. The Labute approximate surface area is 539 Å². The third-order valence-electron chi connectivity index (χ3n) is 17.9. The van der Waals surface area contributed by atoms with E-state index in [2.05, 4.69) is 92.1 Å². The molecule has 0 aliphatic carbocycles. The quantitative estimate of drug-likeness (QED) is 0.0420. The second kappa shape index (κ2) is 76.8. The first kappa shape index (κ1) is 83.6. The molecule has 4 heteroatoms. The summed E-state index contributed by atoms with van der Waals surface area (Å²) in [5.41, 5.74) is 0. The summed E-state index contributed by atoms with van der Waals surface area (Å²) in [5, 5.41) is 23.3. The van der Waals surface area contributed by atoms with Gasteiger partial charge in [0.2, 0.25) is 5.91 Å². The first-order valence-electron chi connectivity index (χ1n) is 38.8. The number of nitrogens with one attached hydrogen (secondary N) is 1. The van der Waals surface area contributed by atoms with E-state index >= 15 is 0 Å². The van der Waals surface area contributed by atoms with Crippen LogP contribution in [0.25, 0.3) is 0 Å². The van der Waals surface area contributed by atoms with Crippen LogP contribution in [0, 0.1) is 0 Å². The molecule has 1 amide bonds. The average Bonchev–Trinajstić information content (AvgIpc) is 3.59. The van der Waals surface area contributed by atoms with Crippen LogP contribution in [-0.2, 0) is 4.79 Å². The van der Waals surface area contributed by atoms with Crippen molar-refractivity contribution in [1.29, 1.82) is 0 Å². The number of aliphatic hydroxyl groups excluding tert-OH is 2. The number of rotatable bonds is 72. The minimum Gasteiger partial charge on any atom is -0.394 e. The van der Waals surface area contributed by atoms with E-state index < -0.39 is 12.1 Å². The van der Waals surface area contributed by atoms with Gasteiger partial charge in [-0.2, -0.15) is 0 Å². The summed E-state index contributed by atoms with van der Waals surface area (Å²) in [6, 6.07) is -0.642. The van der Waals surface area contributed by atoms with Crippen LogP contribution in [0.15, 0.2) is 85.1 Å². The standard InChI is InChI=1S/C82H151NO3/c1-3-5-7-9-11-13-15-17-19-21-23-25-27-29-31-33-35-37-38-39-40-41-42-43-44-46-48-50-52-54-56-58-60-62-64-66-68-70-72-74-76-78-82(86)83-80(79-84)81(85)77-75-73-71-69-67-65-63-61-59-57-55-53-51-49-47-45-36-34-32-30-28-26-24-22-20-18-16-14-12-10-8-6-4-2/h5,7,11,13,17,19,23,25,29,31,67,69,75,77,80-81,84-85H,3-4,6,8-10,12,14-16,18,20-22,24,26-28,30,32-66,68,70-74,76,78-79H2,1-2H3,(H,83,86)/b7-5-,13-11-,19-17-,25-23-,31-29-,69-67+,77-75+. The van der Waals surface area contributed by atoms with E-state index in [0.29, 0.717) is 6.42 Å². The van der Waals surface area contributed by atoms with Gasteiger partial charge in [0.1, 0.15) is 0 Å². The molecule has 0 aliphatic rings. The number of allylic oxidation sites excluding steroid dienone is 13. The Kier molecular flexibility index (Phi) is 74.6. The van der Waals surface area contributed by atoms with E-state index in [0.717, 1.165) is 64.2 Å². The minimum atomic E-state index is -0.866. The van der Waals surface area contributed by atoms with Gasteiger partial charge in [-0.3, -0.25) is 4.79 Å². The first-order valence-corrected chi connectivity index (χ1v) is 38.8. The number of aliphatic hydroxyl groups is 2. The average molecular weight is 1200 g/mol. The van der Waals surface area contributed by atoms with Gasteiger partial charge >= 0.3 is 0 Å². The second-order valence-corrected chi connectivity index (χ2v) is 26.4. The number of unbranched alkanes of at least 4 members (excludes halogenated alkanes) is 53. The zero-order valence-electron chi connectivity index (χ0n) is 58.1. The third kappa shape index (κ3) is 72.3. The van der Waals surface area contributed by atoms with Crippen molar-refractivity contribution in [2.24, 2.45) is 0 Å². The van der Waals surface area contributed by atoms with Gasteiger partial charge < -0.3 is 15.5 Å². The molecule has 0 radical (unpaired) electrons. The van der Waals surface area contributed by atoms with Crippen molar-refractivity contribution in [3.8, 4) is 0 Å². The van der Waals surface area contributed by atoms with Crippen LogP contribution in [0.5, 0.6) is 0 Å². The number of hydrogen-bond acceptors (Lipinski definition) is 3. The summed E-state index contributed by atoms with van der Waals surface area (Å²) < 4.78 is 0. The highest BCUT2D eigenvalue weighted by molar-refractivity contribution is 5.76. The maximum atomic E-state index is 12.6. The molecular formula is C82H151NO3. The molecular weight excluding hydrogens is 1050 g/mol. The fourth-order valence-electron chi connectivity index (χ4n) is 12.1. The van der Waals surface area contributed by atoms with Crippen molar-refractivity contribution in [2.75, 3.05) is 6.61 Å². The van der Waals surface area contributed by atoms with E-state index in [-0.39, 0.29) is 12.5 Å². The highest BCUT2D eigenvalue weighted by Gasteiger charge is 2.18. The minimum absolute atomic E-state index is 0.0668. The van der Waals surface area contributed by atoms with E-state index in [1.54, 1.807) is 6.08 Å². The van der Waals surface area contributed by atoms with Gasteiger partial charge in [-0.05, 0) is 77.0 Å². The lowest BCUT2D eigenvalue weighted by Gasteiger charge is -2.19. The molecule has 0 aromatic rings. The Balaban J connectivity index is 3.43. The molecule has 0 aliphatic heterocycles. The molecule has 0 aromatic carbocycles. The van der Waals surface area contributed by atoms with Gasteiger partial charge in [-0.25, -0.2) is 0 Å². The fraction of sp³-hybridized carbons (Fsp3) is 0.817. The number of hydrogen-bond donors (Lipinski definition) is 3. The molecule has 502 valence electrons. The predicted molar refractivity (Wildman–Crippen MR) is 387 cm³/mol. The van der Waals surface area contributed by atoms with Crippen molar-refractivity contribution < 1.29 is 15.0 Å². The Morgan fingerprint density at radius 2 is 0.523 bits per heavy atom. The largest absolute Gasteiger partial charge is 0.394 e. The van der Waals surface area contributed by atoms with E-state index in [4.69, 9.17) is 0 Å². The highest BCUT2D eigenvalue weighted by Crippen LogP contribution is 2.19. The van der Waals surface area contributed by atoms with Crippen LogP contribution in [-0.4, -0.2) is 34.9 Å². The molecule has 0 heterocycles. The monoisotopic (exact) mass is 1200 g/mol. The smallest absolute Gasteiger partial charge is 0.220 e. The molecule has 4 nitrogen and oxygen atoms in total. The van der Waals surface area contributed by atoms with E-state index in [1.807, 2.05) is 6.08 Å². The maximum absolute atomic E-state index is 12.6. The predicted octanol–water partition coefficient (Wildman–Crippen LogP) is 26.9. The topological polar surface area (TPSA) is 69.6 Å². The van der Waals surface area contributed by atoms with Crippen LogP contribution in [0.4, 0.5) is 0 Å². The van der Waals surface area contributed by atoms with Gasteiger partial charge in [0.25, 0.3) is 0 Å². The Hall–Kier alpha value is -2.43. The fourth-order valence-corrected chi connectivity index (χ4v) is 12.1. The molecule has 3 N–H and O–H groups in total. The molecule has 0 spiro atoms. The van der Waals surface area contributed by atoms with Crippen LogP contribution >= 0.6 is 0 Å². The SMILES string of the molecule is CC/C=C\C/C=C\C/C=C\C/C=C\C/C=C\CCCCCCCCCCCCCCCCCCCCCCCCCCCC(=O)NC(CO)C(O)/C=C/CC/C=C/CCCCCCCCCCCCCCCCCCCCCCCCCCCCC. The van der Waals surface area contributed by atoms with Gasteiger partial charge in [0.15, 0.2) is 0 Å². The van der Waals surface area contributed by atoms with Crippen molar-refractivity contribution in [3.05, 3.63) is 85.1 Å². The molecule has 0 saturated heterocycles. The Morgan fingerprint density at radius 3 is 0.814 bits per heavy atom. The van der Waals surface area contributed by atoms with Crippen molar-refractivity contribution in [2.45, 2.75) is 424 Å². The molecule has 0 rings (SSSR count). The van der Waals surface area contributed by atoms with Crippen molar-refractivity contribution >= 4 is 5.91 Å². The van der Waals surface area contributed by atoms with Crippen LogP contribution in [0.3, 0.4) is 0 Å². The summed E-state index contributed by atoms with van der Waals surface area (Å²) in [5.74, 6) is -0.0668. The molecule has 2 unspecified atom stereocenters. The lowest BCUT2D eigenvalue weighted by atomic mass is 10.0. The van der Waals surface area contributed by atoms with Crippen LogP contribution in [0.2, 0.25) is 0 Å². The van der Waals surface area contributed by atoms with E-state index in [1.165, 1.54) is 327 Å². The van der Waals surface area contributed by atoms with Crippen LogP contribution in [0.1, 0.15) is 412 Å². The zero-order valence-corrected chi connectivity index (χ0v) is 58.1. The summed E-state index contributed by atoms with van der Waals surface area (Å²) in [6.45, 7) is 4.22. The second-order valence-electron chi connectivity index (χ2n) is 26.4. The summed E-state index contributed by atoms with van der Waals surface area (Å²) in [4.78, 5) is 12.6. The van der Waals surface area contributed by atoms with Gasteiger partial charge in [0, 0.05) is 6.42 Å². The number of amides is 1. The lowest BCUT2D eigenvalue weighted by Crippen LogP contribution is -2.45. The summed E-state index contributed by atoms with van der Waals surface area (Å²) in [6.07, 6.45) is 113. The first-order chi connectivity index (χ1) is 42.7. The molecule has 0 aromatic heterocycles. The lowest BCUT2D eigenvalue weighted by molar-refractivity contribution is -0.123. The van der Waals surface area contributed by atoms with Crippen LogP contribution < -0.4 is 5.32 Å². The highest BCUT2D eigenvalue weighted by atomic mass is 16.3. The Bertz CT molecular complexity index is 1500. The van der Waals surface area contributed by atoms with Gasteiger partial charge in [-0.15, -0.1) is 0 Å². The number of carbonyl (C=O) groups excluding carboxylic acids is 1.